The molecule has 1 aromatic heterocycles. The number of hydrogen-bond acceptors (Lipinski definition) is 6. The molecule has 8 heteroatoms. The molecular formula is C20H16N4O4. The first kappa shape index (κ1) is 17.4. The van der Waals surface area contributed by atoms with E-state index < -0.39 is 0 Å². The third-order valence-corrected chi connectivity index (χ3v) is 3.83. The molecule has 0 saturated carbocycles. The van der Waals surface area contributed by atoms with Gasteiger partial charge in [0.2, 0.25) is 6.79 Å². The van der Waals surface area contributed by atoms with Gasteiger partial charge in [-0.3, -0.25) is 4.79 Å². The molecule has 4 rings (SSSR count). The minimum Gasteiger partial charge on any atom is -0.481 e. The van der Waals surface area contributed by atoms with Gasteiger partial charge in [0.1, 0.15) is 12.4 Å². The fourth-order valence-corrected chi connectivity index (χ4v) is 2.47. The van der Waals surface area contributed by atoms with Crippen molar-refractivity contribution in [2.75, 3.05) is 19.9 Å². The molecule has 2 aromatic carbocycles. The third kappa shape index (κ3) is 4.04. The van der Waals surface area contributed by atoms with Gasteiger partial charge in [0, 0.05) is 6.07 Å². The molecule has 2 heterocycles. The van der Waals surface area contributed by atoms with E-state index in [1.165, 1.54) is 11.0 Å². The summed E-state index contributed by atoms with van der Waals surface area (Å²) in [5.74, 6) is 7.32. The Hall–Kier alpha value is -3.99. The second kappa shape index (κ2) is 8.14. The van der Waals surface area contributed by atoms with Crippen LogP contribution in [0.15, 0.2) is 54.7 Å². The summed E-state index contributed by atoms with van der Waals surface area (Å²) >= 11 is 0. The molecular weight excluding hydrogens is 360 g/mol. The summed E-state index contributed by atoms with van der Waals surface area (Å²) in [6.07, 6.45) is 1.42. The highest BCUT2D eigenvalue weighted by Gasteiger charge is 2.13. The van der Waals surface area contributed by atoms with Gasteiger partial charge in [-0.1, -0.05) is 30.0 Å². The van der Waals surface area contributed by atoms with E-state index in [1.54, 1.807) is 18.2 Å². The number of amides is 1. The number of aromatic nitrogens is 3. The van der Waals surface area contributed by atoms with Crippen LogP contribution < -0.4 is 19.5 Å². The largest absolute Gasteiger partial charge is 0.481 e. The standard InChI is InChI=1S/C20H16N4O4/c25-20(17-13-22-24(23-17)15-6-2-1-3-7-15)21-10-4-5-11-26-16-8-9-18-19(12-16)28-14-27-18/h1-3,6-9,12-13H,10-11,14H2,(H,21,25). The lowest BCUT2D eigenvalue weighted by atomic mass is 10.3. The van der Waals surface area contributed by atoms with Crippen molar-refractivity contribution in [3.8, 4) is 34.8 Å². The topological polar surface area (TPSA) is 87.5 Å². The van der Waals surface area contributed by atoms with Crippen LogP contribution in [-0.2, 0) is 0 Å². The molecule has 0 aliphatic carbocycles. The molecule has 3 aromatic rings. The fraction of sp³-hybridized carbons (Fsp3) is 0.150. The van der Waals surface area contributed by atoms with E-state index >= 15 is 0 Å². The van der Waals surface area contributed by atoms with Crippen molar-refractivity contribution in [2.24, 2.45) is 0 Å². The summed E-state index contributed by atoms with van der Waals surface area (Å²) in [7, 11) is 0. The van der Waals surface area contributed by atoms with E-state index in [0.29, 0.717) is 17.2 Å². The van der Waals surface area contributed by atoms with Gasteiger partial charge < -0.3 is 19.5 Å². The van der Waals surface area contributed by atoms with Crippen molar-refractivity contribution in [3.05, 3.63) is 60.4 Å². The zero-order valence-corrected chi connectivity index (χ0v) is 14.8. The van der Waals surface area contributed by atoms with Crippen LogP contribution in [0.4, 0.5) is 0 Å². The minimum atomic E-state index is -0.340. The fourth-order valence-electron chi connectivity index (χ4n) is 2.47. The highest BCUT2D eigenvalue weighted by Crippen LogP contribution is 2.34. The molecule has 0 radical (unpaired) electrons. The van der Waals surface area contributed by atoms with Crippen LogP contribution in [0.25, 0.3) is 5.69 Å². The summed E-state index contributed by atoms with van der Waals surface area (Å²) in [5, 5.41) is 10.9. The van der Waals surface area contributed by atoms with Gasteiger partial charge in [-0.15, -0.1) is 5.10 Å². The lowest BCUT2D eigenvalue weighted by Gasteiger charge is -2.02. The van der Waals surface area contributed by atoms with Gasteiger partial charge in [-0.2, -0.15) is 9.90 Å². The molecule has 28 heavy (non-hydrogen) atoms. The summed E-state index contributed by atoms with van der Waals surface area (Å²) in [5.41, 5.74) is 1.00. The van der Waals surface area contributed by atoms with Crippen molar-refractivity contribution in [3.63, 3.8) is 0 Å². The first-order valence-electron chi connectivity index (χ1n) is 8.54. The highest BCUT2D eigenvalue weighted by molar-refractivity contribution is 5.92. The molecule has 140 valence electrons. The van der Waals surface area contributed by atoms with Crippen LogP contribution in [-0.4, -0.2) is 40.8 Å². The summed E-state index contributed by atoms with van der Waals surface area (Å²) in [4.78, 5) is 13.5. The number of carbonyl (C=O) groups is 1. The minimum absolute atomic E-state index is 0.182. The average molecular weight is 376 g/mol. The molecule has 1 N–H and O–H groups in total. The Bertz CT molecular complexity index is 1040. The Kier molecular flexibility index (Phi) is 5.06. The van der Waals surface area contributed by atoms with Gasteiger partial charge in [0.25, 0.3) is 5.91 Å². The van der Waals surface area contributed by atoms with Crippen LogP contribution in [0.1, 0.15) is 10.5 Å². The maximum absolute atomic E-state index is 12.1. The summed E-state index contributed by atoms with van der Waals surface area (Å²) in [6.45, 7) is 0.596. The zero-order valence-electron chi connectivity index (χ0n) is 14.8. The first-order chi connectivity index (χ1) is 13.8. The van der Waals surface area contributed by atoms with E-state index in [2.05, 4.69) is 27.4 Å². The summed E-state index contributed by atoms with van der Waals surface area (Å²) in [6, 6.07) is 14.7. The Morgan fingerprint density at radius 1 is 1.14 bits per heavy atom. The number of hydrogen-bond donors (Lipinski definition) is 1. The Labute approximate surface area is 161 Å². The van der Waals surface area contributed by atoms with Crippen LogP contribution in [0.2, 0.25) is 0 Å². The van der Waals surface area contributed by atoms with Crippen LogP contribution in [0.3, 0.4) is 0 Å². The lowest BCUT2D eigenvalue weighted by Crippen LogP contribution is -2.24. The predicted molar refractivity (Wildman–Crippen MR) is 99.5 cm³/mol. The van der Waals surface area contributed by atoms with E-state index in [-0.39, 0.29) is 31.5 Å². The molecule has 1 amide bonds. The Morgan fingerprint density at radius 3 is 2.89 bits per heavy atom. The molecule has 0 bridgehead atoms. The normalized spacial score (nSPS) is 11.4. The number of nitrogens with one attached hydrogen (secondary N) is 1. The second-order valence-electron chi connectivity index (χ2n) is 5.69. The quantitative estimate of drug-likeness (QED) is 0.684. The molecule has 1 aliphatic rings. The van der Waals surface area contributed by atoms with Gasteiger partial charge in [-0.25, -0.2) is 0 Å². The molecule has 0 spiro atoms. The zero-order chi connectivity index (χ0) is 19.2. The Morgan fingerprint density at radius 2 is 2.00 bits per heavy atom. The monoisotopic (exact) mass is 376 g/mol. The van der Waals surface area contributed by atoms with Gasteiger partial charge in [-0.05, 0) is 24.3 Å². The predicted octanol–water partition coefficient (Wildman–Crippen LogP) is 1.81. The van der Waals surface area contributed by atoms with Crippen molar-refractivity contribution in [1.29, 1.82) is 0 Å². The van der Waals surface area contributed by atoms with Crippen molar-refractivity contribution in [1.82, 2.24) is 20.3 Å². The molecule has 0 atom stereocenters. The molecule has 0 unspecified atom stereocenters. The van der Waals surface area contributed by atoms with E-state index in [1.807, 2.05) is 30.3 Å². The van der Waals surface area contributed by atoms with Gasteiger partial charge in [0.15, 0.2) is 17.2 Å². The van der Waals surface area contributed by atoms with E-state index in [4.69, 9.17) is 14.2 Å². The molecule has 0 fully saturated rings. The van der Waals surface area contributed by atoms with Gasteiger partial charge in [0.05, 0.1) is 18.4 Å². The molecule has 0 saturated heterocycles. The SMILES string of the molecule is O=C(NCC#CCOc1ccc2c(c1)OCO2)c1cnn(-c2ccccc2)n1. The van der Waals surface area contributed by atoms with E-state index in [0.717, 1.165) is 5.69 Å². The Balaban J connectivity index is 1.23. The number of para-hydroxylation sites is 1. The van der Waals surface area contributed by atoms with Crippen LogP contribution in [0, 0.1) is 11.8 Å². The van der Waals surface area contributed by atoms with Crippen LogP contribution in [0.5, 0.6) is 17.2 Å². The maximum atomic E-state index is 12.1. The number of ether oxygens (including phenoxy) is 3. The molecule has 1 aliphatic heterocycles. The number of carbonyl (C=O) groups excluding carboxylic acids is 1. The summed E-state index contributed by atoms with van der Waals surface area (Å²) < 4.78 is 16.1. The number of rotatable bonds is 5. The first-order valence-corrected chi connectivity index (χ1v) is 8.54. The number of fused-ring (bicyclic) bond motifs is 1. The van der Waals surface area contributed by atoms with Crippen LogP contribution >= 0.6 is 0 Å². The van der Waals surface area contributed by atoms with E-state index in [9.17, 15) is 4.79 Å². The highest BCUT2D eigenvalue weighted by atomic mass is 16.7. The third-order valence-electron chi connectivity index (χ3n) is 3.83. The molecule has 8 nitrogen and oxygen atoms in total. The van der Waals surface area contributed by atoms with Crippen molar-refractivity contribution in [2.45, 2.75) is 0 Å². The van der Waals surface area contributed by atoms with Gasteiger partial charge >= 0.3 is 0 Å². The maximum Gasteiger partial charge on any atom is 0.274 e. The van der Waals surface area contributed by atoms with Crippen molar-refractivity contribution < 1.29 is 19.0 Å². The number of nitrogens with zero attached hydrogens (tertiary/aromatic N) is 3. The number of benzene rings is 2. The second-order valence-corrected chi connectivity index (χ2v) is 5.69. The lowest BCUT2D eigenvalue weighted by molar-refractivity contribution is 0.0953. The smallest absolute Gasteiger partial charge is 0.274 e. The average Bonchev–Trinajstić information content (AvgIpc) is 3.40. The van der Waals surface area contributed by atoms with Crippen molar-refractivity contribution >= 4 is 5.91 Å².